The Balaban J connectivity index is 1.52. The summed E-state index contributed by atoms with van der Waals surface area (Å²) in [5.41, 5.74) is 22.0. The Morgan fingerprint density at radius 3 is 0.571 bits per heavy atom. The van der Waals surface area contributed by atoms with E-state index in [2.05, 4.69) is 252 Å². The Labute approximate surface area is 414 Å². The molecule has 0 fully saturated rings. The molecule has 0 unspecified atom stereocenters. The van der Waals surface area contributed by atoms with E-state index in [1.54, 1.807) is 0 Å². The minimum Gasteiger partial charge on any atom is -0.0616 e. The molecule has 0 saturated carbocycles. The molecule has 0 aliphatic heterocycles. The van der Waals surface area contributed by atoms with E-state index >= 15 is 0 Å². The van der Waals surface area contributed by atoms with Crippen molar-refractivity contribution in [2.75, 3.05) is 0 Å². The monoisotopic (exact) mass is 896 g/mol. The molecule has 0 atom stereocenters. The fourth-order valence-corrected chi connectivity index (χ4v) is 11.1. The quantitative estimate of drug-likeness (QED) is 0.105. The first-order chi connectivity index (χ1) is 33.6. The van der Waals surface area contributed by atoms with E-state index in [0.29, 0.717) is 0 Å². The summed E-state index contributed by atoms with van der Waals surface area (Å²) in [6.45, 7) is 26.0. The van der Waals surface area contributed by atoms with Crippen LogP contribution in [0.25, 0.3) is 53.9 Å². The zero-order valence-electron chi connectivity index (χ0n) is 42.5. The van der Waals surface area contributed by atoms with Crippen LogP contribution in [0.3, 0.4) is 0 Å². The highest BCUT2D eigenvalue weighted by Crippen LogP contribution is 2.43. The van der Waals surface area contributed by atoms with Gasteiger partial charge in [0.25, 0.3) is 0 Å². The molecule has 0 N–H and O–H groups in total. The van der Waals surface area contributed by atoms with Gasteiger partial charge in [0.2, 0.25) is 0 Å². The Hall–Kier alpha value is -8.26. The van der Waals surface area contributed by atoms with Gasteiger partial charge < -0.3 is 0 Å². The highest BCUT2D eigenvalue weighted by Gasteiger charge is 2.23. The van der Waals surface area contributed by atoms with Gasteiger partial charge in [-0.15, -0.1) is 0 Å². The zero-order valence-corrected chi connectivity index (χ0v) is 42.5. The molecule has 0 saturated heterocycles. The molecular formula is C70H56. The second-order valence-electron chi connectivity index (χ2n) is 19.8. The molecule has 0 radical (unpaired) electrons. The van der Waals surface area contributed by atoms with Crippen molar-refractivity contribution < 1.29 is 0 Å². The molecule has 0 amide bonds. The largest absolute Gasteiger partial charge is 0.0616 e. The first kappa shape index (κ1) is 45.5. The molecule has 0 spiro atoms. The van der Waals surface area contributed by atoms with Gasteiger partial charge in [0, 0.05) is 55.3 Å². The summed E-state index contributed by atoms with van der Waals surface area (Å²) in [5, 5.41) is 10.7. The molecule has 336 valence electrons. The summed E-state index contributed by atoms with van der Waals surface area (Å²) < 4.78 is 0. The van der Waals surface area contributed by atoms with Crippen molar-refractivity contribution >= 4 is 53.9 Å². The van der Waals surface area contributed by atoms with Gasteiger partial charge in [-0.1, -0.05) is 167 Å². The predicted octanol–water partition coefficient (Wildman–Crippen LogP) is 16.8. The van der Waals surface area contributed by atoms with Gasteiger partial charge in [-0.3, -0.25) is 0 Å². The molecule has 0 aliphatic rings. The highest BCUT2D eigenvalue weighted by atomic mass is 14.2. The number of aryl methyl sites for hydroxylation is 12. The van der Waals surface area contributed by atoms with E-state index in [9.17, 15) is 0 Å². The van der Waals surface area contributed by atoms with Gasteiger partial charge in [0.05, 0.1) is 0 Å². The predicted molar refractivity (Wildman–Crippen MR) is 301 cm³/mol. The summed E-state index contributed by atoms with van der Waals surface area (Å²) in [4.78, 5) is 0. The molecule has 0 aliphatic carbocycles. The van der Waals surface area contributed by atoms with Gasteiger partial charge in [0.15, 0.2) is 0 Å². The van der Waals surface area contributed by atoms with Gasteiger partial charge in [-0.05, 0) is 195 Å². The van der Waals surface area contributed by atoms with Crippen molar-refractivity contribution in [2.45, 2.75) is 83.1 Å². The second-order valence-corrected chi connectivity index (χ2v) is 19.8. The number of hydrogen-bond acceptors (Lipinski definition) is 0. The zero-order chi connectivity index (χ0) is 49.1. The Morgan fingerprint density at radius 2 is 0.386 bits per heavy atom. The van der Waals surface area contributed by atoms with E-state index in [4.69, 9.17) is 0 Å². The lowest BCUT2D eigenvalue weighted by molar-refractivity contribution is 1.30. The van der Waals surface area contributed by atoms with Crippen LogP contribution >= 0.6 is 0 Å². The maximum Gasteiger partial charge on any atom is 0.0420 e. The van der Waals surface area contributed by atoms with Crippen molar-refractivity contribution in [3.8, 4) is 47.4 Å². The average Bonchev–Trinajstić information content (AvgIpc) is 3.29. The lowest BCUT2D eigenvalue weighted by Gasteiger charge is -2.19. The molecule has 10 aromatic carbocycles. The summed E-state index contributed by atoms with van der Waals surface area (Å²) in [6, 6.07) is 44.5. The summed E-state index contributed by atoms with van der Waals surface area (Å²) in [7, 11) is 0. The van der Waals surface area contributed by atoms with Crippen LogP contribution < -0.4 is 0 Å². The molecule has 10 aromatic rings. The lowest BCUT2D eigenvalue weighted by atomic mass is 9.82. The van der Waals surface area contributed by atoms with Crippen LogP contribution in [-0.4, -0.2) is 0 Å². The Bertz CT molecular complexity index is 3560. The van der Waals surface area contributed by atoms with Crippen LogP contribution in [-0.2, 0) is 0 Å². The van der Waals surface area contributed by atoms with Crippen LogP contribution in [0.1, 0.15) is 111 Å². The fraction of sp³-hybridized carbons (Fsp3) is 0.171. The average molecular weight is 897 g/mol. The molecule has 70 heavy (non-hydrogen) atoms. The standard InChI is InChI=1S/C70H56/c1-41-29-45(5)57(46(6)30-41)21-25-61-65-37-53-17-13-14-18-54(53)38-66(65)63(27-23-59-49(9)33-43(3)34-50(59)10)70-64(28-24-60-51(11)35-44(4)36-52(60)12)68-40-56-20-16-15-19-55(56)39-67(68)62(69(61)70)26-22-58-47(7)31-42(2)32-48(58)8/h13-20,29-40H,1-12H3. The van der Waals surface area contributed by atoms with E-state index in [1.165, 1.54) is 22.3 Å². The van der Waals surface area contributed by atoms with Gasteiger partial charge >= 0.3 is 0 Å². The number of benzene rings is 10. The summed E-state index contributed by atoms with van der Waals surface area (Å²) in [5.74, 6) is 30.8. The molecule has 0 nitrogen and oxygen atoms in total. The number of hydrogen-bond donors (Lipinski definition) is 0. The van der Waals surface area contributed by atoms with Crippen LogP contribution in [0.15, 0.2) is 121 Å². The lowest BCUT2D eigenvalue weighted by Crippen LogP contribution is -2.00. The topological polar surface area (TPSA) is 0 Å². The molecule has 0 aromatic heterocycles. The third kappa shape index (κ3) is 8.28. The van der Waals surface area contributed by atoms with E-state index in [1.807, 2.05) is 0 Å². The Kier molecular flexibility index (Phi) is 11.7. The first-order valence-electron chi connectivity index (χ1n) is 24.3. The van der Waals surface area contributed by atoms with Gasteiger partial charge in [0.1, 0.15) is 0 Å². The summed E-state index contributed by atoms with van der Waals surface area (Å²) in [6.07, 6.45) is 0. The molecule has 0 heterocycles. The molecular weight excluding hydrogens is 841 g/mol. The maximum absolute atomic E-state index is 3.92. The highest BCUT2D eigenvalue weighted by molar-refractivity contribution is 6.22. The molecule has 0 heteroatoms. The molecule has 10 rings (SSSR count). The second kappa shape index (κ2) is 18.0. The minimum atomic E-state index is 0.922. The number of fused-ring (bicyclic) bond motifs is 5. The van der Waals surface area contributed by atoms with E-state index in [0.717, 1.165) is 143 Å². The van der Waals surface area contributed by atoms with Gasteiger partial charge in [-0.25, -0.2) is 0 Å². The third-order valence-electron chi connectivity index (χ3n) is 14.1. The third-order valence-corrected chi connectivity index (χ3v) is 14.1. The van der Waals surface area contributed by atoms with E-state index < -0.39 is 0 Å². The van der Waals surface area contributed by atoms with E-state index in [-0.39, 0.29) is 0 Å². The first-order valence-corrected chi connectivity index (χ1v) is 24.3. The summed E-state index contributed by atoms with van der Waals surface area (Å²) >= 11 is 0. The van der Waals surface area contributed by atoms with Crippen molar-refractivity contribution in [3.05, 3.63) is 233 Å². The van der Waals surface area contributed by atoms with Crippen LogP contribution in [0.2, 0.25) is 0 Å². The van der Waals surface area contributed by atoms with Crippen molar-refractivity contribution in [1.82, 2.24) is 0 Å². The molecule has 0 bridgehead atoms. The number of rotatable bonds is 0. The van der Waals surface area contributed by atoms with Crippen LogP contribution in [0.5, 0.6) is 0 Å². The van der Waals surface area contributed by atoms with Crippen molar-refractivity contribution in [3.63, 3.8) is 0 Å². The SMILES string of the molecule is Cc1cc(C)c(C#Cc2c3cc4ccccc4cc3c(C#Cc3c(C)cc(C)cc3C)c3c(C#Cc4c(C)cc(C)cc4C)c4cc5ccccc5cc4c(C#Cc4c(C)cc(C)cc4C)c23)c(C)c1. The Morgan fingerprint density at radius 1 is 0.214 bits per heavy atom. The van der Waals surface area contributed by atoms with Crippen LogP contribution in [0, 0.1) is 130 Å². The smallest absolute Gasteiger partial charge is 0.0420 e. The maximum atomic E-state index is 3.92. The fourth-order valence-electron chi connectivity index (χ4n) is 11.1. The van der Waals surface area contributed by atoms with Crippen molar-refractivity contribution in [2.24, 2.45) is 0 Å². The van der Waals surface area contributed by atoms with Gasteiger partial charge in [-0.2, -0.15) is 0 Å². The van der Waals surface area contributed by atoms with Crippen molar-refractivity contribution in [1.29, 1.82) is 0 Å². The van der Waals surface area contributed by atoms with Crippen LogP contribution in [0.4, 0.5) is 0 Å². The minimum absolute atomic E-state index is 0.922. The normalized spacial score (nSPS) is 11.0.